The van der Waals surface area contributed by atoms with Gasteiger partial charge in [0.25, 0.3) is 0 Å². The average molecular weight is 511 g/mol. The van der Waals surface area contributed by atoms with Crippen LogP contribution in [0.2, 0.25) is 0 Å². The summed E-state index contributed by atoms with van der Waals surface area (Å²) in [5, 5.41) is 7.24. The Labute approximate surface area is 217 Å². The fraction of sp³-hybridized carbons (Fsp3) is 0.464. The lowest BCUT2D eigenvalue weighted by Gasteiger charge is -2.30. The lowest BCUT2D eigenvalue weighted by atomic mass is 9.87. The summed E-state index contributed by atoms with van der Waals surface area (Å²) in [7, 11) is 0. The number of nitrogens with zero attached hydrogens (tertiary/aromatic N) is 3. The summed E-state index contributed by atoms with van der Waals surface area (Å²) >= 11 is 1.73. The fourth-order valence-electron chi connectivity index (χ4n) is 4.32. The van der Waals surface area contributed by atoms with Crippen LogP contribution in [0, 0.1) is 11.7 Å². The molecule has 1 saturated heterocycles. The molecule has 0 saturated carbocycles. The summed E-state index contributed by atoms with van der Waals surface area (Å²) in [6.07, 6.45) is 1.85. The molecule has 36 heavy (non-hydrogen) atoms. The van der Waals surface area contributed by atoms with Gasteiger partial charge in [-0.2, -0.15) is 16.7 Å². The molecule has 0 radical (unpaired) electrons. The van der Waals surface area contributed by atoms with Crippen molar-refractivity contribution in [1.82, 2.24) is 20.4 Å². The monoisotopic (exact) mass is 510 g/mol. The van der Waals surface area contributed by atoms with Crippen molar-refractivity contribution in [2.45, 2.75) is 51.3 Å². The Morgan fingerprint density at radius 3 is 2.64 bits per heavy atom. The maximum Gasteiger partial charge on any atom is 0.241 e. The number of amides is 1. The third-order valence-corrected chi connectivity index (χ3v) is 7.47. The normalized spacial score (nSPS) is 16.7. The van der Waals surface area contributed by atoms with Crippen LogP contribution in [0.15, 0.2) is 53.1 Å². The predicted molar refractivity (Wildman–Crippen MR) is 142 cm³/mol. The van der Waals surface area contributed by atoms with Gasteiger partial charge in [-0.15, -0.1) is 0 Å². The second-order valence-electron chi connectivity index (χ2n) is 10.4. The SMILES string of the molecule is CC(C)(C)c1ccc(-c2noc(CN3CCCC(C(=O)NCCSCc4ccc(F)cc4)C3)n2)cc1. The second-order valence-corrected chi connectivity index (χ2v) is 11.5. The van der Waals surface area contributed by atoms with E-state index < -0.39 is 0 Å². The molecule has 1 fully saturated rings. The number of hydrogen-bond donors (Lipinski definition) is 1. The van der Waals surface area contributed by atoms with Gasteiger partial charge in [-0.25, -0.2) is 4.39 Å². The summed E-state index contributed by atoms with van der Waals surface area (Å²) < 4.78 is 18.5. The number of nitrogens with one attached hydrogen (secondary N) is 1. The number of carbonyl (C=O) groups excluding carboxylic acids is 1. The van der Waals surface area contributed by atoms with Crippen LogP contribution in [-0.2, 0) is 22.5 Å². The first-order valence-electron chi connectivity index (χ1n) is 12.5. The predicted octanol–water partition coefficient (Wildman–Crippen LogP) is 5.43. The minimum Gasteiger partial charge on any atom is -0.355 e. The van der Waals surface area contributed by atoms with Crippen LogP contribution in [0.3, 0.4) is 0 Å². The molecule has 1 aliphatic rings. The van der Waals surface area contributed by atoms with Gasteiger partial charge in [-0.05, 0) is 48.1 Å². The van der Waals surface area contributed by atoms with Crippen molar-refractivity contribution in [1.29, 1.82) is 0 Å². The van der Waals surface area contributed by atoms with Crippen LogP contribution < -0.4 is 5.32 Å². The Balaban J connectivity index is 1.21. The zero-order valence-electron chi connectivity index (χ0n) is 21.3. The van der Waals surface area contributed by atoms with E-state index in [9.17, 15) is 9.18 Å². The number of hydrogen-bond acceptors (Lipinski definition) is 6. The number of aromatic nitrogens is 2. The van der Waals surface area contributed by atoms with Crippen molar-refractivity contribution in [3.63, 3.8) is 0 Å². The highest BCUT2D eigenvalue weighted by molar-refractivity contribution is 7.98. The number of halogens is 1. The van der Waals surface area contributed by atoms with Gasteiger partial charge in [0.1, 0.15) is 5.82 Å². The highest BCUT2D eigenvalue weighted by Crippen LogP contribution is 2.25. The van der Waals surface area contributed by atoms with Crippen LogP contribution in [0.25, 0.3) is 11.4 Å². The minimum atomic E-state index is -0.219. The topological polar surface area (TPSA) is 71.3 Å². The molecule has 1 aromatic heterocycles. The fourth-order valence-corrected chi connectivity index (χ4v) is 5.14. The summed E-state index contributed by atoms with van der Waals surface area (Å²) in [6.45, 7) is 9.34. The zero-order chi connectivity index (χ0) is 25.5. The first kappa shape index (κ1) is 26.4. The quantitative estimate of drug-likeness (QED) is 0.387. The summed E-state index contributed by atoms with van der Waals surface area (Å²) in [5.41, 5.74) is 3.38. The van der Waals surface area contributed by atoms with E-state index in [0.29, 0.717) is 31.3 Å². The van der Waals surface area contributed by atoms with Gasteiger partial charge < -0.3 is 9.84 Å². The maximum atomic E-state index is 13.0. The summed E-state index contributed by atoms with van der Waals surface area (Å²) in [5.74, 6) is 2.64. The van der Waals surface area contributed by atoms with Gasteiger partial charge in [-0.1, -0.05) is 62.3 Å². The van der Waals surface area contributed by atoms with Gasteiger partial charge in [0.05, 0.1) is 12.5 Å². The Morgan fingerprint density at radius 2 is 1.92 bits per heavy atom. The minimum absolute atomic E-state index is 0.0341. The van der Waals surface area contributed by atoms with Crippen LogP contribution in [0.5, 0.6) is 0 Å². The molecule has 3 aromatic rings. The lowest BCUT2D eigenvalue weighted by Crippen LogP contribution is -2.43. The average Bonchev–Trinajstić information content (AvgIpc) is 3.33. The van der Waals surface area contributed by atoms with E-state index in [0.717, 1.165) is 42.0 Å². The van der Waals surface area contributed by atoms with Gasteiger partial charge in [-0.3, -0.25) is 9.69 Å². The second kappa shape index (κ2) is 12.0. The standard InChI is InChI=1S/C28H35FN4O2S/c1-28(2,3)23-10-8-21(9-11-23)26-31-25(35-32-26)18-33-15-4-5-22(17-33)27(34)30-14-16-36-19-20-6-12-24(29)13-7-20/h6-13,22H,4-5,14-19H2,1-3H3,(H,30,34). The van der Waals surface area contributed by atoms with Crippen LogP contribution in [0.4, 0.5) is 4.39 Å². The van der Waals surface area contributed by atoms with Crippen molar-refractivity contribution in [3.8, 4) is 11.4 Å². The third kappa shape index (κ3) is 7.40. The zero-order valence-corrected chi connectivity index (χ0v) is 22.1. The van der Waals surface area contributed by atoms with Crippen molar-refractivity contribution in [2.75, 3.05) is 25.4 Å². The van der Waals surface area contributed by atoms with E-state index in [1.807, 2.05) is 12.1 Å². The number of rotatable bonds is 9. The molecular formula is C28H35FN4O2S. The summed E-state index contributed by atoms with van der Waals surface area (Å²) in [4.78, 5) is 19.5. The van der Waals surface area contributed by atoms with Crippen molar-refractivity contribution in [3.05, 3.63) is 71.4 Å². The van der Waals surface area contributed by atoms with E-state index in [4.69, 9.17) is 4.52 Å². The highest BCUT2D eigenvalue weighted by atomic mass is 32.2. The molecular weight excluding hydrogens is 475 g/mol. The Morgan fingerprint density at radius 1 is 1.17 bits per heavy atom. The molecule has 192 valence electrons. The maximum absolute atomic E-state index is 13.0. The molecule has 4 rings (SSSR count). The molecule has 1 aliphatic heterocycles. The van der Waals surface area contributed by atoms with Gasteiger partial charge in [0.15, 0.2) is 0 Å². The molecule has 1 unspecified atom stereocenters. The molecule has 8 heteroatoms. The molecule has 1 atom stereocenters. The summed E-state index contributed by atoms with van der Waals surface area (Å²) in [6, 6.07) is 14.8. The van der Waals surface area contributed by atoms with Gasteiger partial charge in [0.2, 0.25) is 17.6 Å². The molecule has 0 bridgehead atoms. The van der Waals surface area contributed by atoms with Crippen molar-refractivity contribution < 1.29 is 13.7 Å². The number of carbonyl (C=O) groups is 1. The molecule has 6 nitrogen and oxygen atoms in total. The highest BCUT2D eigenvalue weighted by Gasteiger charge is 2.26. The third-order valence-electron chi connectivity index (χ3n) is 6.44. The molecule has 2 heterocycles. The number of piperidine rings is 1. The number of benzene rings is 2. The van der Waals surface area contributed by atoms with E-state index in [-0.39, 0.29) is 23.1 Å². The Bertz CT molecular complexity index is 1130. The largest absolute Gasteiger partial charge is 0.355 e. The number of likely N-dealkylation sites (tertiary alicyclic amines) is 1. The van der Waals surface area contributed by atoms with Gasteiger partial charge in [0, 0.05) is 30.2 Å². The Hall–Kier alpha value is -2.71. The molecule has 0 aliphatic carbocycles. The lowest BCUT2D eigenvalue weighted by molar-refractivity contribution is -0.126. The van der Waals surface area contributed by atoms with E-state index >= 15 is 0 Å². The van der Waals surface area contributed by atoms with Crippen molar-refractivity contribution >= 4 is 17.7 Å². The smallest absolute Gasteiger partial charge is 0.241 e. The number of thioether (sulfide) groups is 1. The Kier molecular flexibility index (Phi) is 8.80. The van der Waals surface area contributed by atoms with Crippen LogP contribution in [0.1, 0.15) is 50.6 Å². The van der Waals surface area contributed by atoms with E-state index in [1.165, 1.54) is 17.7 Å². The first-order chi connectivity index (χ1) is 17.3. The van der Waals surface area contributed by atoms with E-state index in [1.54, 1.807) is 23.9 Å². The van der Waals surface area contributed by atoms with Crippen LogP contribution >= 0.6 is 11.8 Å². The van der Waals surface area contributed by atoms with Crippen molar-refractivity contribution in [2.24, 2.45) is 5.92 Å². The molecule has 1 amide bonds. The molecule has 0 spiro atoms. The first-order valence-corrected chi connectivity index (χ1v) is 13.7. The molecule has 1 N–H and O–H groups in total. The van der Waals surface area contributed by atoms with E-state index in [2.05, 4.69) is 53.3 Å². The molecule has 2 aromatic carbocycles. The van der Waals surface area contributed by atoms with Crippen LogP contribution in [-0.4, -0.2) is 46.3 Å². The van der Waals surface area contributed by atoms with Gasteiger partial charge >= 0.3 is 0 Å².